The topological polar surface area (TPSA) is 0 Å². The van der Waals surface area contributed by atoms with Crippen LogP contribution in [0.25, 0.3) is 0 Å². The van der Waals surface area contributed by atoms with Gasteiger partial charge in [0.05, 0.1) is 0 Å². The molecular formula is C8H20Ga. The van der Waals surface area contributed by atoms with Gasteiger partial charge in [0.2, 0.25) is 0 Å². The van der Waals surface area contributed by atoms with Gasteiger partial charge in [-0.15, -0.1) is 0 Å². The summed E-state index contributed by atoms with van der Waals surface area (Å²) in [6.07, 6.45) is 4.56. The van der Waals surface area contributed by atoms with E-state index in [-0.39, 0.29) is 21.2 Å². The van der Waals surface area contributed by atoms with Crippen LogP contribution < -0.4 is 0 Å². The maximum atomic E-state index is 3.60. The van der Waals surface area contributed by atoms with Crippen LogP contribution in [0.15, 0.2) is 0 Å². The molecule has 0 aliphatic rings. The van der Waals surface area contributed by atoms with E-state index in [1.807, 2.05) is 0 Å². The Bertz CT molecular complexity index is 17.2. The molecule has 0 heterocycles. The Morgan fingerprint density at radius 3 is 1.11 bits per heavy atom. The van der Waals surface area contributed by atoms with Crippen molar-refractivity contribution >= 4 is 19.8 Å². The molecule has 1 heteroatoms. The van der Waals surface area contributed by atoms with Crippen LogP contribution >= 0.6 is 0 Å². The Morgan fingerprint density at radius 2 is 1.11 bits per heavy atom. The smallest absolute Gasteiger partial charge is 0 e. The molecule has 0 unspecified atom stereocenters. The molecule has 0 saturated heterocycles. The molecule has 0 saturated carbocycles. The summed E-state index contributed by atoms with van der Waals surface area (Å²) in [5, 5.41) is 0. The first-order valence-corrected chi connectivity index (χ1v) is 3.41. The van der Waals surface area contributed by atoms with Gasteiger partial charge in [0.15, 0.2) is 0 Å². The molecule has 0 atom stereocenters. The summed E-state index contributed by atoms with van der Waals surface area (Å²) < 4.78 is 0. The monoisotopic (exact) mass is 185 g/mol. The summed E-state index contributed by atoms with van der Waals surface area (Å²) in [6, 6.07) is 0. The molecule has 0 fully saturated rings. The maximum absolute atomic E-state index is 3.60. The summed E-state index contributed by atoms with van der Waals surface area (Å²) in [6.45, 7) is 11.4. The van der Waals surface area contributed by atoms with Crippen molar-refractivity contribution in [2.75, 3.05) is 0 Å². The molecule has 0 aromatic carbocycles. The first kappa shape index (κ1) is 16.3. The van der Waals surface area contributed by atoms with Crippen LogP contribution in [0.4, 0.5) is 0 Å². The van der Waals surface area contributed by atoms with E-state index >= 15 is 0 Å². The average Bonchev–Trinajstić information content (AvgIpc) is 1.88. The van der Waals surface area contributed by atoms with Crippen LogP contribution in [0.1, 0.15) is 41.0 Å². The van der Waals surface area contributed by atoms with E-state index < -0.39 is 0 Å². The molecule has 0 rings (SSSR count). The molecular weight excluding hydrogens is 166 g/mol. The quantitative estimate of drug-likeness (QED) is 0.581. The predicted octanol–water partition coefficient (Wildman–Crippen LogP) is 3.11. The molecule has 0 nitrogen and oxygen atoms in total. The van der Waals surface area contributed by atoms with Gasteiger partial charge in [0.1, 0.15) is 0 Å². The predicted molar refractivity (Wildman–Crippen MR) is 48.4 cm³/mol. The fraction of sp³-hybridized carbons (Fsp3) is 0.750. The number of hydrogen-bond donors (Lipinski definition) is 0. The average molecular weight is 186 g/mol. The van der Waals surface area contributed by atoms with Crippen molar-refractivity contribution in [1.29, 1.82) is 0 Å². The van der Waals surface area contributed by atoms with Gasteiger partial charge in [-0.25, -0.2) is 0 Å². The van der Waals surface area contributed by atoms with Crippen molar-refractivity contribution in [2.45, 2.75) is 39.5 Å². The van der Waals surface area contributed by atoms with E-state index in [0.717, 1.165) is 12.8 Å². The van der Waals surface area contributed by atoms with E-state index in [1.54, 1.807) is 0 Å². The maximum Gasteiger partial charge on any atom is 0 e. The minimum Gasteiger partial charge on any atom is -0.0654 e. The van der Waals surface area contributed by atoms with Crippen LogP contribution in [0.5, 0.6) is 0 Å². The van der Waals surface area contributed by atoms with Crippen molar-refractivity contribution in [3.05, 3.63) is 13.8 Å². The van der Waals surface area contributed by atoms with Crippen LogP contribution in [0, 0.1) is 13.8 Å². The van der Waals surface area contributed by atoms with Gasteiger partial charge < -0.3 is 0 Å². The fourth-order valence-electron chi connectivity index (χ4n) is 0. The van der Waals surface area contributed by atoms with Gasteiger partial charge in [-0.05, 0) is 0 Å². The Labute approximate surface area is 75.0 Å². The van der Waals surface area contributed by atoms with Crippen molar-refractivity contribution in [3.63, 3.8) is 0 Å². The second kappa shape index (κ2) is 23.4. The minimum atomic E-state index is 0. The molecule has 0 spiro atoms. The van der Waals surface area contributed by atoms with Crippen LogP contribution in [-0.4, -0.2) is 19.8 Å². The van der Waals surface area contributed by atoms with E-state index in [0.29, 0.717) is 0 Å². The van der Waals surface area contributed by atoms with E-state index in [9.17, 15) is 0 Å². The van der Waals surface area contributed by atoms with Crippen LogP contribution in [-0.2, 0) is 0 Å². The van der Waals surface area contributed by atoms with Gasteiger partial charge in [-0.3, -0.25) is 0 Å². The molecule has 0 aromatic heterocycles. The number of rotatable bonds is 2. The summed E-state index contributed by atoms with van der Waals surface area (Å²) in [5.74, 6) is 0. The zero-order valence-electron chi connectivity index (χ0n) is 6.82. The standard InChI is InChI=1S/2C4H9.Ga.H2/c2*1-3-4-2;;/h2*1,3-4H2,2H3;;1H. The third kappa shape index (κ3) is 54.7. The van der Waals surface area contributed by atoms with Crippen LogP contribution in [0.2, 0.25) is 0 Å². The summed E-state index contributed by atoms with van der Waals surface area (Å²) in [7, 11) is 0. The zero-order valence-corrected chi connectivity index (χ0v) is 9.24. The Balaban J connectivity index is -0.0000000300. The first-order valence-electron chi connectivity index (χ1n) is 3.41. The van der Waals surface area contributed by atoms with Crippen molar-refractivity contribution in [2.24, 2.45) is 0 Å². The number of hydrogen-bond acceptors (Lipinski definition) is 0. The third-order valence-electron chi connectivity index (χ3n) is 0.707. The second-order valence-corrected chi connectivity index (χ2v) is 1.71. The molecule has 0 aliphatic heterocycles. The van der Waals surface area contributed by atoms with E-state index in [4.69, 9.17) is 0 Å². The normalized spacial score (nSPS) is 6.67. The van der Waals surface area contributed by atoms with Crippen molar-refractivity contribution in [1.82, 2.24) is 0 Å². The molecule has 0 amide bonds. The molecule has 0 bridgehead atoms. The first-order chi connectivity index (χ1) is 3.83. The SMILES string of the molecule is [CH2]CCC.[CH2]CCC.[Ga].[HH]. The van der Waals surface area contributed by atoms with Crippen molar-refractivity contribution in [3.8, 4) is 0 Å². The molecule has 55 valence electrons. The Kier molecular flexibility index (Phi) is 42.5. The third-order valence-corrected chi connectivity index (χ3v) is 0.707. The van der Waals surface area contributed by atoms with Gasteiger partial charge in [0.25, 0.3) is 0 Å². The summed E-state index contributed by atoms with van der Waals surface area (Å²) in [5.41, 5.74) is 0. The van der Waals surface area contributed by atoms with E-state index in [1.165, 1.54) is 12.8 Å². The van der Waals surface area contributed by atoms with Gasteiger partial charge in [0, 0.05) is 21.2 Å². The van der Waals surface area contributed by atoms with Gasteiger partial charge in [-0.1, -0.05) is 53.4 Å². The largest absolute Gasteiger partial charge is 0.0654 e. The molecule has 5 radical (unpaired) electrons. The van der Waals surface area contributed by atoms with E-state index in [2.05, 4.69) is 27.7 Å². The Hall–Kier alpha value is 0.636. The number of unbranched alkanes of at least 4 members (excludes halogenated alkanes) is 2. The summed E-state index contributed by atoms with van der Waals surface area (Å²) in [4.78, 5) is 0. The minimum absolute atomic E-state index is 0. The zero-order chi connectivity index (χ0) is 6.83. The van der Waals surface area contributed by atoms with Gasteiger partial charge in [-0.2, -0.15) is 0 Å². The van der Waals surface area contributed by atoms with Crippen molar-refractivity contribution < 1.29 is 1.43 Å². The molecule has 0 aliphatic carbocycles. The Morgan fingerprint density at radius 1 is 1.00 bits per heavy atom. The molecule has 0 aromatic rings. The van der Waals surface area contributed by atoms with Crippen LogP contribution in [0.3, 0.4) is 0 Å². The second-order valence-electron chi connectivity index (χ2n) is 1.71. The summed E-state index contributed by atoms with van der Waals surface area (Å²) >= 11 is 0. The fourth-order valence-corrected chi connectivity index (χ4v) is 0. The molecule has 0 N–H and O–H groups in total. The molecule has 9 heavy (non-hydrogen) atoms. The van der Waals surface area contributed by atoms with Gasteiger partial charge >= 0.3 is 0 Å².